The lowest BCUT2D eigenvalue weighted by atomic mass is 10.0. The van der Waals surface area contributed by atoms with Gasteiger partial charge in [0.05, 0.1) is 12.2 Å². The van der Waals surface area contributed by atoms with Crippen LogP contribution >= 0.6 is 11.3 Å². The van der Waals surface area contributed by atoms with Crippen LogP contribution in [0.2, 0.25) is 0 Å². The van der Waals surface area contributed by atoms with Crippen molar-refractivity contribution in [1.29, 1.82) is 0 Å². The van der Waals surface area contributed by atoms with Crippen molar-refractivity contribution >= 4 is 46.2 Å². The summed E-state index contributed by atoms with van der Waals surface area (Å²) in [4.78, 5) is 55.1. The normalized spacial score (nSPS) is 12.1. The Bertz CT molecular complexity index is 1320. The molecule has 0 atom stereocenters. The third-order valence-electron chi connectivity index (χ3n) is 6.28. The van der Waals surface area contributed by atoms with Gasteiger partial charge in [-0.05, 0) is 72.1 Å². The number of anilines is 2. The molecule has 0 aliphatic heterocycles. The second kappa shape index (κ2) is 13.7. The van der Waals surface area contributed by atoms with Gasteiger partial charge < -0.3 is 25.7 Å². The molecular formula is C28H39F3N6O6S. The third kappa shape index (κ3) is 9.72. The number of halogens is 3. The summed E-state index contributed by atoms with van der Waals surface area (Å²) >= 11 is 0.983. The maximum Gasteiger partial charge on any atom is 0.471 e. The topological polar surface area (TPSA) is 155 Å². The van der Waals surface area contributed by atoms with Gasteiger partial charge in [-0.15, -0.1) is 0 Å². The molecule has 244 valence electrons. The first-order valence-electron chi connectivity index (χ1n) is 13.5. The average molecular weight is 645 g/mol. The van der Waals surface area contributed by atoms with E-state index in [0.29, 0.717) is 27.6 Å². The van der Waals surface area contributed by atoms with Gasteiger partial charge in [-0.2, -0.15) is 13.2 Å². The summed E-state index contributed by atoms with van der Waals surface area (Å²) in [5.41, 5.74) is -0.277. The molecule has 4 N–H and O–H groups in total. The highest BCUT2D eigenvalue weighted by Gasteiger charge is 2.43. The Morgan fingerprint density at radius 3 is 1.82 bits per heavy atom. The van der Waals surface area contributed by atoms with Gasteiger partial charge in [-0.25, -0.2) is 14.6 Å². The van der Waals surface area contributed by atoms with Crippen molar-refractivity contribution in [2.24, 2.45) is 0 Å². The van der Waals surface area contributed by atoms with E-state index in [9.17, 15) is 42.6 Å². The van der Waals surface area contributed by atoms with Gasteiger partial charge in [-0.3, -0.25) is 19.4 Å². The number of alkyl halides is 3. The molecule has 16 heteroatoms. The fraction of sp³-hybridized carbons (Fsp3) is 0.536. The molecule has 12 nitrogen and oxygen atoms in total. The molecule has 0 saturated heterocycles. The van der Waals surface area contributed by atoms with Crippen molar-refractivity contribution in [3.8, 4) is 0 Å². The van der Waals surface area contributed by atoms with Crippen LogP contribution in [0.5, 0.6) is 0 Å². The summed E-state index contributed by atoms with van der Waals surface area (Å²) in [5, 5.41) is 25.8. The number of aromatic nitrogens is 1. The van der Waals surface area contributed by atoms with Crippen LogP contribution in [-0.2, 0) is 29.0 Å². The van der Waals surface area contributed by atoms with E-state index in [1.165, 1.54) is 6.92 Å². The second-order valence-corrected chi connectivity index (χ2v) is 13.2. The number of carbonyl (C=O) groups excluding carboxylic acids is 2. The fourth-order valence-electron chi connectivity index (χ4n) is 4.35. The predicted octanol–water partition coefficient (Wildman–Crippen LogP) is 5.66. The Labute approximate surface area is 257 Å². The first-order chi connectivity index (χ1) is 20.0. The number of thiazole rings is 1. The van der Waals surface area contributed by atoms with Crippen LogP contribution in [0.15, 0.2) is 24.3 Å². The molecule has 2 rings (SSSR count). The van der Waals surface area contributed by atoms with Crippen molar-refractivity contribution in [3.63, 3.8) is 0 Å². The number of aryl methyl sites for hydroxylation is 2. The molecule has 1 heterocycles. The molecule has 0 radical (unpaired) electrons. The van der Waals surface area contributed by atoms with E-state index in [0.717, 1.165) is 33.7 Å². The van der Waals surface area contributed by atoms with Crippen molar-refractivity contribution in [3.05, 3.63) is 40.4 Å². The maximum atomic E-state index is 12.9. The zero-order valence-corrected chi connectivity index (χ0v) is 26.7. The zero-order chi connectivity index (χ0) is 33.8. The van der Waals surface area contributed by atoms with E-state index in [1.54, 1.807) is 65.8 Å². The molecule has 44 heavy (non-hydrogen) atoms. The van der Waals surface area contributed by atoms with Crippen LogP contribution in [0.4, 0.5) is 33.6 Å². The Balaban J connectivity index is 2.32. The summed E-state index contributed by atoms with van der Waals surface area (Å²) in [6.45, 7) is 10.9. The van der Waals surface area contributed by atoms with Crippen molar-refractivity contribution < 1.29 is 42.6 Å². The number of amides is 4. The largest absolute Gasteiger partial charge is 0.471 e. The van der Waals surface area contributed by atoms with Crippen LogP contribution in [0.1, 0.15) is 64.6 Å². The highest BCUT2D eigenvalue weighted by molar-refractivity contribution is 7.15. The Hall–Kier alpha value is -4.08. The fourth-order valence-corrected chi connectivity index (χ4v) is 5.46. The highest BCUT2D eigenvalue weighted by Crippen LogP contribution is 2.29. The number of nitrogens with one attached hydrogen (secondary N) is 2. The maximum absolute atomic E-state index is 12.9. The smallest absolute Gasteiger partial charge is 0.465 e. The molecule has 1 aromatic carbocycles. The molecule has 0 unspecified atom stereocenters. The van der Waals surface area contributed by atoms with Gasteiger partial charge in [0.1, 0.15) is 0 Å². The standard InChI is InChI=1S/C28H39F3N6O6S/c1-16(38)32-22-34-19(20(44-22)15-35(8)21(39)28(29,30)31)14-11-17-9-12-18(13-10-17)33-23(36(24(40)41)26(2,3)4)37(25(42)43)27(5,6)7/h9-10,12-13,23,33H,11,14-15H2,1-8H3,(H,40,41)(H,42,43)(H,32,34,38). The number of carboxylic acid groups (broad SMARTS) is 2. The molecule has 1 aromatic heterocycles. The molecule has 0 aliphatic carbocycles. The van der Waals surface area contributed by atoms with E-state index in [4.69, 9.17) is 0 Å². The summed E-state index contributed by atoms with van der Waals surface area (Å²) in [6, 6.07) is 6.80. The van der Waals surface area contributed by atoms with E-state index >= 15 is 0 Å². The predicted molar refractivity (Wildman–Crippen MR) is 159 cm³/mol. The van der Waals surface area contributed by atoms with Gasteiger partial charge >= 0.3 is 24.3 Å². The van der Waals surface area contributed by atoms with Gasteiger partial charge in [0, 0.05) is 35.6 Å². The number of nitrogens with zero attached hydrogens (tertiary/aromatic N) is 4. The molecule has 0 bridgehead atoms. The van der Waals surface area contributed by atoms with Crippen LogP contribution in [0.3, 0.4) is 0 Å². The minimum Gasteiger partial charge on any atom is -0.465 e. The minimum absolute atomic E-state index is 0.199. The average Bonchev–Trinajstić information content (AvgIpc) is 3.20. The first kappa shape index (κ1) is 36.1. The molecule has 0 spiro atoms. The third-order valence-corrected chi connectivity index (χ3v) is 7.28. The Morgan fingerprint density at radius 2 is 1.41 bits per heavy atom. The van der Waals surface area contributed by atoms with E-state index in [-0.39, 0.29) is 18.1 Å². The van der Waals surface area contributed by atoms with Gasteiger partial charge in [0.15, 0.2) is 11.4 Å². The zero-order valence-electron chi connectivity index (χ0n) is 25.9. The van der Waals surface area contributed by atoms with Crippen LogP contribution < -0.4 is 10.6 Å². The molecule has 0 fully saturated rings. The lowest BCUT2D eigenvalue weighted by Crippen LogP contribution is -2.66. The molecule has 0 aliphatic rings. The lowest BCUT2D eigenvalue weighted by molar-refractivity contribution is -0.184. The van der Waals surface area contributed by atoms with Crippen molar-refractivity contribution in [1.82, 2.24) is 19.7 Å². The number of rotatable bonds is 10. The number of hydrogen-bond acceptors (Lipinski definition) is 7. The summed E-state index contributed by atoms with van der Waals surface area (Å²) in [6.07, 6.45) is -8.27. The Morgan fingerprint density at radius 1 is 0.909 bits per heavy atom. The molecule has 4 amide bonds. The molecular weight excluding hydrogens is 605 g/mol. The van der Waals surface area contributed by atoms with E-state index < -0.39 is 47.5 Å². The van der Waals surface area contributed by atoms with Crippen LogP contribution in [-0.4, -0.2) is 84.5 Å². The monoisotopic (exact) mass is 644 g/mol. The number of benzene rings is 1. The lowest BCUT2D eigenvalue weighted by Gasteiger charge is -2.48. The minimum atomic E-state index is -5.03. The van der Waals surface area contributed by atoms with E-state index in [1.807, 2.05) is 0 Å². The molecule has 2 aromatic rings. The van der Waals surface area contributed by atoms with Gasteiger partial charge in [0.2, 0.25) is 5.91 Å². The highest BCUT2D eigenvalue weighted by atomic mass is 32.1. The SMILES string of the molecule is CC(=O)Nc1nc(CCc2ccc(NC(N(C(=O)O)C(C)(C)C)N(C(=O)O)C(C)(C)C)cc2)c(CN(C)C(=O)C(F)(F)F)s1. The van der Waals surface area contributed by atoms with Gasteiger partial charge in [-0.1, -0.05) is 23.5 Å². The summed E-state index contributed by atoms with van der Waals surface area (Å²) in [5.74, 6) is -2.40. The van der Waals surface area contributed by atoms with Crippen LogP contribution in [0, 0.1) is 0 Å². The molecule has 0 saturated carbocycles. The first-order valence-corrected chi connectivity index (χ1v) is 14.3. The quantitative estimate of drug-likeness (QED) is 0.242. The van der Waals surface area contributed by atoms with Crippen LogP contribution in [0.25, 0.3) is 0 Å². The summed E-state index contributed by atoms with van der Waals surface area (Å²) < 4.78 is 38.7. The van der Waals surface area contributed by atoms with Crippen molar-refractivity contribution in [2.75, 3.05) is 17.7 Å². The number of hydrogen-bond donors (Lipinski definition) is 4. The Kier molecular flexibility index (Phi) is 11.2. The second-order valence-electron chi connectivity index (χ2n) is 12.1. The van der Waals surface area contributed by atoms with Gasteiger partial charge in [0.25, 0.3) is 0 Å². The van der Waals surface area contributed by atoms with Crippen molar-refractivity contribution in [2.45, 2.75) is 91.4 Å². The summed E-state index contributed by atoms with van der Waals surface area (Å²) in [7, 11) is 1.03. The number of carbonyl (C=O) groups is 4. The van der Waals surface area contributed by atoms with E-state index in [2.05, 4.69) is 15.6 Å².